The minimum Gasteiger partial charge on any atom is -0.334 e. The molecule has 0 spiro atoms. The average Bonchev–Trinajstić information content (AvgIpc) is 3.22. The molecule has 0 saturated heterocycles. The van der Waals surface area contributed by atoms with E-state index in [0.29, 0.717) is 0 Å². The average molecular weight is 381 g/mol. The van der Waals surface area contributed by atoms with E-state index in [4.69, 9.17) is 0 Å². The first kappa shape index (κ1) is 17.9. The molecule has 29 heavy (non-hydrogen) atoms. The lowest BCUT2D eigenvalue weighted by Gasteiger charge is -2.23. The van der Waals surface area contributed by atoms with E-state index >= 15 is 0 Å². The van der Waals surface area contributed by atoms with Crippen molar-refractivity contribution in [1.29, 1.82) is 0 Å². The van der Waals surface area contributed by atoms with Crippen molar-refractivity contribution < 1.29 is 4.57 Å². The van der Waals surface area contributed by atoms with Crippen molar-refractivity contribution in [2.24, 2.45) is 14.1 Å². The highest BCUT2D eigenvalue weighted by Crippen LogP contribution is 2.54. The Kier molecular flexibility index (Phi) is 3.79. The largest absolute Gasteiger partial charge is 0.334 e. The monoisotopic (exact) mass is 380 g/mol. The first-order valence-corrected chi connectivity index (χ1v) is 10.1. The summed E-state index contributed by atoms with van der Waals surface area (Å²) in [5.41, 5.74) is 10.4. The Balaban J connectivity index is 1.96. The number of hydrogen-bond donors (Lipinski definition) is 0. The summed E-state index contributed by atoms with van der Waals surface area (Å²) >= 11 is 0. The van der Waals surface area contributed by atoms with Crippen LogP contribution in [-0.2, 0) is 19.5 Å². The molecule has 1 aliphatic rings. The Labute approximate surface area is 172 Å². The van der Waals surface area contributed by atoms with Crippen LogP contribution in [0, 0.1) is 6.92 Å². The molecule has 0 unspecified atom stereocenters. The topological polar surface area (TPSA) is 21.7 Å². The molecule has 2 aromatic carbocycles. The minimum absolute atomic E-state index is 0.0539. The van der Waals surface area contributed by atoms with Crippen molar-refractivity contribution in [3.05, 3.63) is 83.8 Å². The van der Waals surface area contributed by atoms with E-state index in [2.05, 4.69) is 104 Å². The molecular formula is C26H26N3+. The molecule has 1 aliphatic carbocycles. The van der Waals surface area contributed by atoms with Gasteiger partial charge in [0.1, 0.15) is 12.9 Å². The first-order valence-electron chi connectivity index (χ1n) is 10.1. The van der Waals surface area contributed by atoms with Crippen LogP contribution in [0.4, 0.5) is 0 Å². The summed E-state index contributed by atoms with van der Waals surface area (Å²) in [7, 11) is 4.19. The quantitative estimate of drug-likeness (QED) is 0.438. The van der Waals surface area contributed by atoms with Gasteiger partial charge in [-0.3, -0.25) is 0 Å². The van der Waals surface area contributed by atoms with Crippen LogP contribution >= 0.6 is 0 Å². The van der Waals surface area contributed by atoms with E-state index in [1.54, 1.807) is 0 Å². The van der Waals surface area contributed by atoms with Crippen molar-refractivity contribution in [3.8, 4) is 33.8 Å². The molecule has 5 rings (SSSR count). The second kappa shape index (κ2) is 6.15. The molecule has 144 valence electrons. The highest BCUT2D eigenvalue weighted by molar-refractivity contribution is 5.95. The van der Waals surface area contributed by atoms with E-state index < -0.39 is 0 Å². The maximum Gasteiger partial charge on any atom is 0.213 e. The summed E-state index contributed by atoms with van der Waals surface area (Å²) in [5, 5.41) is 0. The van der Waals surface area contributed by atoms with Gasteiger partial charge in [0.25, 0.3) is 0 Å². The van der Waals surface area contributed by atoms with Crippen LogP contribution < -0.4 is 4.57 Å². The standard InChI is InChI=1S/C26H26N3/c1-17-19(25-27-13-15-29(25)5)16-21-24(23(17)22-12-8-9-14-28(22)4)18-10-6-7-11-20(18)26(21,2)3/h6-16H,1-5H3/q+1. The molecule has 0 amide bonds. The van der Waals surface area contributed by atoms with E-state index in [-0.39, 0.29) is 5.41 Å². The molecule has 0 N–H and O–H groups in total. The molecule has 3 nitrogen and oxygen atoms in total. The first-order chi connectivity index (χ1) is 13.9. The Morgan fingerprint density at radius 2 is 1.69 bits per heavy atom. The van der Waals surface area contributed by atoms with Gasteiger partial charge in [0.15, 0.2) is 6.20 Å². The summed E-state index contributed by atoms with van der Waals surface area (Å²) in [6.07, 6.45) is 6.02. The zero-order chi connectivity index (χ0) is 20.3. The van der Waals surface area contributed by atoms with Gasteiger partial charge in [0, 0.05) is 48.1 Å². The number of benzene rings is 2. The van der Waals surface area contributed by atoms with Crippen molar-refractivity contribution in [2.75, 3.05) is 0 Å². The number of hydrogen-bond acceptors (Lipinski definition) is 1. The number of aromatic nitrogens is 3. The summed E-state index contributed by atoms with van der Waals surface area (Å²) in [5.74, 6) is 1.01. The third-order valence-electron chi connectivity index (χ3n) is 6.50. The molecule has 0 saturated carbocycles. The highest BCUT2D eigenvalue weighted by Gasteiger charge is 2.39. The lowest BCUT2D eigenvalue weighted by molar-refractivity contribution is -0.660. The third-order valence-corrected chi connectivity index (χ3v) is 6.50. The number of rotatable bonds is 2. The Bertz CT molecular complexity index is 1260. The number of imidazole rings is 1. The summed E-state index contributed by atoms with van der Waals surface area (Å²) in [6, 6.07) is 17.7. The number of nitrogens with zero attached hydrogens (tertiary/aromatic N) is 3. The Morgan fingerprint density at radius 3 is 2.41 bits per heavy atom. The molecular weight excluding hydrogens is 354 g/mol. The molecule has 0 fully saturated rings. The van der Waals surface area contributed by atoms with Gasteiger partial charge in [-0.15, -0.1) is 0 Å². The molecule has 2 aromatic heterocycles. The highest BCUT2D eigenvalue weighted by atomic mass is 15.0. The SMILES string of the molecule is Cc1c(-c2nccn2C)cc2c(c1-c1cccc[n+]1C)-c1ccccc1C2(C)C. The Morgan fingerprint density at radius 1 is 0.931 bits per heavy atom. The van der Waals surface area contributed by atoms with E-state index in [9.17, 15) is 0 Å². The summed E-state index contributed by atoms with van der Waals surface area (Å²) in [4.78, 5) is 4.68. The number of pyridine rings is 1. The van der Waals surface area contributed by atoms with Crippen molar-refractivity contribution >= 4 is 0 Å². The van der Waals surface area contributed by atoms with Crippen LogP contribution in [-0.4, -0.2) is 9.55 Å². The molecule has 0 aliphatic heterocycles. The van der Waals surface area contributed by atoms with Gasteiger partial charge in [-0.1, -0.05) is 38.1 Å². The zero-order valence-corrected chi connectivity index (χ0v) is 17.7. The van der Waals surface area contributed by atoms with Gasteiger partial charge in [0.2, 0.25) is 5.69 Å². The fourth-order valence-electron chi connectivity index (χ4n) is 4.91. The Hall–Kier alpha value is -3.20. The maximum atomic E-state index is 4.68. The van der Waals surface area contributed by atoms with Crippen LogP contribution in [0.3, 0.4) is 0 Å². The van der Waals surface area contributed by atoms with E-state index in [0.717, 1.165) is 5.82 Å². The van der Waals surface area contributed by atoms with Gasteiger partial charge in [-0.2, -0.15) is 0 Å². The van der Waals surface area contributed by atoms with Crippen LogP contribution in [0.15, 0.2) is 67.1 Å². The van der Waals surface area contributed by atoms with Crippen LogP contribution in [0.2, 0.25) is 0 Å². The van der Waals surface area contributed by atoms with Crippen molar-refractivity contribution in [2.45, 2.75) is 26.2 Å². The molecule has 4 aromatic rings. The van der Waals surface area contributed by atoms with Crippen LogP contribution in [0.1, 0.15) is 30.5 Å². The smallest absolute Gasteiger partial charge is 0.213 e. The van der Waals surface area contributed by atoms with Gasteiger partial charge in [0.05, 0.1) is 5.56 Å². The number of fused-ring (bicyclic) bond motifs is 3. The second-order valence-electron chi connectivity index (χ2n) is 8.58. The molecule has 0 radical (unpaired) electrons. The summed E-state index contributed by atoms with van der Waals surface area (Å²) < 4.78 is 4.33. The van der Waals surface area contributed by atoms with Gasteiger partial charge in [-0.25, -0.2) is 9.55 Å². The van der Waals surface area contributed by atoms with E-state index in [1.807, 2.05) is 12.4 Å². The maximum absolute atomic E-state index is 4.68. The predicted octanol–water partition coefficient (Wildman–Crippen LogP) is 5.19. The fraction of sp³-hybridized carbons (Fsp3) is 0.231. The zero-order valence-electron chi connectivity index (χ0n) is 17.7. The van der Waals surface area contributed by atoms with Crippen LogP contribution in [0.5, 0.6) is 0 Å². The molecule has 0 atom stereocenters. The minimum atomic E-state index is -0.0539. The van der Waals surface area contributed by atoms with Gasteiger partial charge < -0.3 is 4.57 Å². The fourth-order valence-corrected chi connectivity index (χ4v) is 4.91. The lowest BCUT2D eigenvalue weighted by Crippen LogP contribution is -2.30. The molecule has 3 heteroatoms. The normalized spacial score (nSPS) is 14.0. The van der Waals surface area contributed by atoms with Crippen LogP contribution in [0.25, 0.3) is 33.8 Å². The number of aryl methyl sites for hydroxylation is 2. The van der Waals surface area contributed by atoms with Crippen molar-refractivity contribution in [3.63, 3.8) is 0 Å². The summed E-state index contributed by atoms with van der Waals surface area (Å²) in [6.45, 7) is 6.91. The molecule has 0 bridgehead atoms. The molecule has 2 heterocycles. The van der Waals surface area contributed by atoms with Gasteiger partial charge in [-0.05, 0) is 41.3 Å². The predicted molar refractivity (Wildman–Crippen MR) is 118 cm³/mol. The van der Waals surface area contributed by atoms with Crippen molar-refractivity contribution in [1.82, 2.24) is 9.55 Å². The second-order valence-corrected chi connectivity index (χ2v) is 8.58. The van der Waals surface area contributed by atoms with E-state index in [1.165, 1.54) is 44.6 Å². The lowest BCUT2D eigenvalue weighted by atomic mass is 9.80. The third kappa shape index (κ3) is 2.43. The van der Waals surface area contributed by atoms with Gasteiger partial charge >= 0.3 is 0 Å².